The fourth-order valence-electron chi connectivity index (χ4n) is 0.233. The van der Waals surface area contributed by atoms with Gasteiger partial charge in [0.1, 0.15) is 0 Å². The molecule has 0 rings (SSSR count). The molecule has 0 spiro atoms. The molecule has 0 aliphatic heterocycles. The standard InChI is InChI=1S/C5H12ClNO/c1-5(2,8-3)4-7-6/h7H,4H2,1-3H3. The molecule has 0 saturated carbocycles. The highest BCUT2D eigenvalue weighted by molar-refractivity contribution is 6.13. The number of nitrogens with one attached hydrogen (secondary N) is 1. The zero-order valence-electron chi connectivity index (χ0n) is 5.49. The van der Waals surface area contributed by atoms with Gasteiger partial charge < -0.3 is 4.74 Å². The molecule has 50 valence electrons. The lowest BCUT2D eigenvalue weighted by Crippen LogP contribution is -2.32. The monoisotopic (exact) mass is 137 g/mol. The molecule has 0 aliphatic rings. The first-order valence-corrected chi connectivity index (χ1v) is 2.89. The zero-order valence-corrected chi connectivity index (χ0v) is 6.25. The minimum atomic E-state index is -0.151. The fourth-order valence-corrected chi connectivity index (χ4v) is 0.555. The van der Waals surface area contributed by atoms with E-state index in [9.17, 15) is 0 Å². The van der Waals surface area contributed by atoms with Crippen LogP contribution < -0.4 is 4.84 Å². The van der Waals surface area contributed by atoms with Crippen molar-refractivity contribution in [1.82, 2.24) is 4.84 Å². The van der Waals surface area contributed by atoms with Crippen molar-refractivity contribution in [2.45, 2.75) is 19.4 Å². The Morgan fingerprint density at radius 1 is 1.62 bits per heavy atom. The minimum absolute atomic E-state index is 0.151. The van der Waals surface area contributed by atoms with E-state index in [1.54, 1.807) is 7.11 Å². The Hall–Kier alpha value is 0.210. The Kier molecular flexibility index (Phi) is 3.36. The van der Waals surface area contributed by atoms with E-state index in [-0.39, 0.29) is 5.60 Å². The summed E-state index contributed by atoms with van der Waals surface area (Å²) in [7, 11) is 1.66. The molecule has 0 aliphatic carbocycles. The molecular formula is C5H12ClNO. The molecule has 8 heavy (non-hydrogen) atoms. The van der Waals surface area contributed by atoms with Gasteiger partial charge in [-0.3, -0.25) is 0 Å². The van der Waals surface area contributed by atoms with Crippen molar-refractivity contribution in [3.05, 3.63) is 0 Å². The van der Waals surface area contributed by atoms with E-state index in [0.717, 1.165) is 0 Å². The van der Waals surface area contributed by atoms with Crippen molar-refractivity contribution in [2.75, 3.05) is 13.7 Å². The van der Waals surface area contributed by atoms with Gasteiger partial charge in [0.05, 0.1) is 5.60 Å². The third kappa shape index (κ3) is 3.24. The second-order valence-corrected chi connectivity index (χ2v) is 2.54. The average Bonchev–Trinajstić information content (AvgIpc) is 1.67. The fraction of sp³-hybridized carbons (Fsp3) is 1.00. The van der Waals surface area contributed by atoms with Crippen LogP contribution in [0.4, 0.5) is 0 Å². The molecule has 2 nitrogen and oxygen atoms in total. The van der Waals surface area contributed by atoms with Crippen LogP contribution in [0.2, 0.25) is 0 Å². The highest BCUT2D eigenvalue weighted by Crippen LogP contribution is 2.04. The summed E-state index contributed by atoms with van der Waals surface area (Å²) in [6.45, 7) is 4.58. The van der Waals surface area contributed by atoms with E-state index < -0.39 is 0 Å². The summed E-state index contributed by atoms with van der Waals surface area (Å²) < 4.78 is 5.03. The Morgan fingerprint density at radius 3 is 2.25 bits per heavy atom. The third-order valence-electron chi connectivity index (χ3n) is 1.05. The van der Waals surface area contributed by atoms with Gasteiger partial charge in [-0.05, 0) is 25.6 Å². The molecule has 0 amide bonds. The normalized spacial score (nSPS) is 12.0. The highest BCUT2D eigenvalue weighted by atomic mass is 35.5. The third-order valence-corrected chi connectivity index (χ3v) is 1.18. The second-order valence-electron chi connectivity index (χ2n) is 2.27. The average molecular weight is 138 g/mol. The van der Waals surface area contributed by atoms with Crippen LogP contribution in [0.3, 0.4) is 0 Å². The summed E-state index contributed by atoms with van der Waals surface area (Å²) in [6.07, 6.45) is 0. The number of ether oxygens (including phenoxy) is 1. The van der Waals surface area contributed by atoms with Gasteiger partial charge in [-0.1, -0.05) is 0 Å². The van der Waals surface area contributed by atoms with Crippen LogP contribution in [-0.4, -0.2) is 19.3 Å². The molecule has 0 aromatic carbocycles. The molecule has 0 saturated heterocycles. The van der Waals surface area contributed by atoms with Crippen LogP contribution in [0.5, 0.6) is 0 Å². The van der Waals surface area contributed by atoms with Gasteiger partial charge in [-0.25, -0.2) is 4.84 Å². The van der Waals surface area contributed by atoms with Gasteiger partial charge in [0.25, 0.3) is 0 Å². The highest BCUT2D eigenvalue weighted by Gasteiger charge is 2.13. The number of hydrogen-bond donors (Lipinski definition) is 1. The van der Waals surface area contributed by atoms with E-state index in [2.05, 4.69) is 4.84 Å². The van der Waals surface area contributed by atoms with Crippen LogP contribution in [0.25, 0.3) is 0 Å². The van der Waals surface area contributed by atoms with Gasteiger partial charge in [-0.2, -0.15) is 0 Å². The number of hydrogen-bond acceptors (Lipinski definition) is 2. The van der Waals surface area contributed by atoms with Crippen LogP contribution in [0.15, 0.2) is 0 Å². The zero-order chi connectivity index (χ0) is 6.62. The first-order valence-electron chi connectivity index (χ1n) is 2.51. The van der Waals surface area contributed by atoms with E-state index in [0.29, 0.717) is 6.54 Å². The number of halogens is 1. The predicted octanol–water partition coefficient (Wildman–Crippen LogP) is 1.15. The summed E-state index contributed by atoms with van der Waals surface area (Å²) in [5, 5.41) is 0. The van der Waals surface area contributed by atoms with Gasteiger partial charge in [0, 0.05) is 13.7 Å². The van der Waals surface area contributed by atoms with Gasteiger partial charge in [0.2, 0.25) is 0 Å². The molecule has 0 aromatic heterocycles. The van der Waals surface area contributed by atoms with Gasteiger partial charge >= 0.3 is 0 Å². The second kappa shape index (κ2) is 3.28. The maximum Gasteiger partial charge on any atom is 0.0759 e. The molecule has 0 radical (unpaired) electrons. The summed E-state index contributed by atoms with van der Waals surface area (Å²) in [5.74, 6) is 0. The summed E-state index contributed by atoms with van der Waals surface area (Å²) in [6, 6.07) is 0. The Balaban J connectivity index is 3.37. The van der Waals surface area contributed by atoms with Crippen molar-refractivity contribution in [2.24, 2.45) is 0 Å². The van der Waals surface area contributed by atoms with E-state index in [1.165, 1.54) is 0 Å². The van der Waals surface area contributed by atoms with Crippen molar-refractivity contribution < 1.29 is 4.74 Å². The Labute approximate surface area is 55.3 Å². The first kappa shape index (κ1) is 8.21. The van der Waals surface area contributed by atoms with Crippen molar-refractivity contribution in [1.29, 1.82) is 0 Å². The van der Waals surface area contributed by atoms with Crippen LogP contribution in [0.1, 0.15) is 13.8 Å². The Morgan fingerprint density at radius 2 is 2.12 bits per heavy atom. The van der Waals surface area contributed by atoms with Crippen LogP contribution in [-0.2, 0) is 4.74 Å². The Bertz CT molecular complexity index is 65.4. The smallest absolute Gasteiger partial charge is 0.0759 e. The molecule has 0 heterocycles. The van der Waals surface area contributed by atoms with Crippen LogP contribution in [0, 0.1) is 0 Å². The summed E-state index contributed by atoms with van der Waals surface area (Å²) in [4.78, 5) is 2.51. The summed E-state index contributed by atoms with van der Waals surface area (Å²) >= 11 is 5.23. The van der Waals surface area contributed by atoms with E-state index in [1.807, 2.05) is 13.8 Å². The maximum atomic E-state index is 5.23. The molecule has 0 unspecified atom stereocenters. The predicted molar refractivity (Wildman–Crippen MR) is 34.9 cm³/mol. The van der Waals surface area contributed by atoms with E-state index >= 15 is 0 Å². The number of rotatable bonds is 3. The quantitative estimate of drug-likeness (QED) is 0.590. The lowest BCUT2D eigenvalue weighted by molar-refractivity contribution is 0.0278. The first-order chi connectivity index (χ1) is 3.62. The van der Waals surface area contributed by atoms with Crippen molar-refractivity contribution >= 4 is 11.8 Å². The molecule has 0 fully saturated rings. The van der Waals surface area contributed by atoms with Crippen LogP contribution >= 0.6 is 11.8 Å². The van der Waals surface area contributed by atoms with E-state index in [4.69, 9.17) is 16.5 Å². The molecule has 0 bridgehead atoms. The lowest BCUT2D eigenvalue weighted by Gasteiger charge is -2.20. The lowest BCUT2D eigenvalue weighted by atomic mass is 10.1. The molecule has 0 atom stereocenters. The number of methoxy groups -OCH3 is 1. The van der Waals surface area contributed by atoms with Crippen molar-refractivity contribution in [3.63, 3.8) is 0 Å². The van der Waals surface area contributed by atoms with Gasteiger partial charge in [0.15, 0.2) is 0 Å². The molecule has 3 heteroatoms. The largest absolute Gasteiger partial charge is 0.377 e. The molecule has 0 aromatic rings. The minimum Gasteiger partial charge on any atom is -0.377 e. The van der Waals surface area contributed by atoms with Crippen molar-refractivity contribution in [3.8, 4) is 0 Å². The molecular weight excluding hydrogens is 126 g/mol. The maximum absolute atomic E-state index is 5.23. The molecule has 1 N–H and O–H groups in total. The summed E-state index contributed by atoms with van der Waals surface area (Å²) in [5.41, 5.74) is -0.151. The van der Waals surface area contributed by atoms with Gasteiger partial charge in [-0.15, -0.1) is 0 Å². The SMILES string of the molecule is COC(C)(C)CNCl. The topological polar surface area (TPSA) is 21.3 Å².